The normalized spacial score (nSPS) is 36.3. The first kappa shape index (κ1) is 9.20. The van der Waals surface area contributed by atoms with Gasteiger partial charge in [0.15, 0.2) is 0 Å². The van der Waals surface area contributed by atoms with Crippen LogP contribution in [0.25, 0.3) is 0 Å². The molecule has 2 unspecified atom stereocenters. The average molecular weight is 181 g/mol. The lowest BCUT2D eigenvalue weighted by Crippen LogP contribution is -2.38. The molecule has 0 N–H and O–H groups in total. The van der Waals surface area contributed by atoms with E-state index < -0.39 is 0 Å². The fourth-order valence-corrected chi connectivity index (χ4v) is 2.50. The van der Waals surface area contributed by atoms with Crippen LogP contribution in [-0.2, 0) is 0 Å². The van der Waals surface area contributed by atoms with Gasteiger partial charge in [-0.05, 0) is 18.9 Å². The Morgan fingerprint density at radius 3 is 2.77 bits per heavy atom. The van der Waals surface area contributed by atoms with Crippen LogP contribution in [0.1, 0.15) is 26.2 Å². The van der Waals surface area contributed by atoms with Gasteiger partial charge in [-0.25, -0.2) is 4.58 Å². The summed E-state index contributed by atoms with van der Waals surface area (Å²) in [5, 5.41) is 0. The second-order valence-electron chi connectivity index (χ2n) is 4.73. The summed E-state index contributed by atoms with van der Waals surface area (Å²) in [7, 11) is 2.18. The Morgan fingerprint density at radius 2 is 2.23 bits per heavy atom. The van der Waals surface area contributed by atoms with E-state index in [2.05, 4.69) is 29.7 Å². The molecule has 0 bridgehead atoms. The Labute approximate surface area is 81.2 Å². The quantitative estimate of drug-likeness (QED) is 0.551. The van der Waals surface area contributed by atoms with Gasteiger partial charge < -0.3 is 0 Å². The van der Waals surface area contributed by atoms with Gasteiger partial charge in [-0.15, -0.1) is 0 Å². The highest BCUT2D eigenvalue weighted by Gasteiger charge is 2.28. The Balaban J connectivity index is 1.88. The minimum atomic E-state index is 0.848. The summed E-state index contributed by atoms with van der Waals surface area (Å²) in [5.74, 6) is 0.930. The van der Waals surface area contributed by atoms with E-state index in [1.165, 1.54) is 38.9 Å². The smallest absolute Gasteiger partial charge is 0.143 e. The minimum Gasteiger partial charge on any atom is -0.299 e. The molecule has 2 aliphatic rings. The van der Waals surface area contributed by atoms with Gasteiger partial charge in [0.05, 0.1) is 0 Å². The summed E-state index contributed by atoms with van der Waals surface area (Å²) in [5.41, 5.74) is 0. The zero-order valence-corrected chi connectivity index (χ0v) is 8.87. The van der Waals surface area contributed by atoms with Gasteiger partial charge in [-0.1, -0.05) is 6.92 Å². The maximum atomic E-state index is 2.69. The molecule has 2 nitrogen and oxygen atoms in total. The van der Waals surface area contributed by atoms with Crippen molar-refractivity contribution >= 4 is 6.21 Å². The van der Waals surface area contributed by atoms with Crippen molar-refractivity contribution in [3.05, 3.63) is 0 Å². The van der Waals surface area contributed by atoms with E-state index in [1.807, 2.05) is 0 Å². The van der Waals surface area contributed by atoms with Crippen LogP contribution in [0.2, 0.25) is 0 Å². The van der Waals surface area contributed by atoms with E-state index >= 15 is 0 Å². The summed E-state index contributed by atoms with van der Waals surface area (Å²) in [6.07, 6.45) is 6.40. The van der Waals surface area contributed by atoms with Gasteiger partial charge >= 0.3 is 0 Å². The molecule has 13 heavy (non-hydrogen) atoms. The van der Waals surface area contributed by atoms with Gasteiger partial charge in [-0.2, -0.15) is 0 Å². The molecule has 1 saturated heterocycles. The molecule has 1 fully saturated rings. The first-order chi connectivity index (χ1) is 6.25. The van der Waals surface area contributed by atoms with Crippen LogP contribution in [0.15, 0.2) is 0 Å². The molecular weight excluding hydrogens is 160 g/mol. The van der Waals surface area contributed by atoms with Crippen LogP contribution in [0, 0.1) is 5.92 Å². The highest BCUT2D eigenvalue weighted by atomic mass is 15.2. The van der Waals surface area contributed by atoms with Crippen LogP contribution in [0.3, 0.4) is 0 Å². The lowest BCUT2D eigenvalue weighted by Gasteiger charge is -2.27. The lowest BCUT2D eigenvalue weighted by molar-refractivity contribution is -0.499. The molecule has 0 aromatic heterocycles. The molecule has 2 heterocycles. The Morgan fingerprint density at radius 1 is 1.38 bits per heavy atom. The Kier molecular flexibility index (Phi) is 2.68. The molecule has 0 amide bonds. The van der Waals surface area contributed by atoms with E-state index in [0.29, 0.717) is 0 Å². The summed E-state index contributed by atoms with van der Waals surface area (Å²) >= 11 is 0. The second kappa shape index (κ2) is 3.79. The maximum absolute atomic E-state index is 2.69. The number of hydrogen-bond donors (Lipinski definition) is 0. The van der Waals surface area contributed by atoms with E-state index in [0.717, 1.165) is 12.0 Å². The molecule has 2 heteroatoms. The predicted molar refractivity (Wildman–Crippen MR) is 55.5 cm³/mol. The molecule has 0 saturated carbocycles. The Bertz CT molecular complexity index is 210. The van der Waals surface area contributed by atoms with Gasteiger partial charge in [-0.3, -0.25) is 4.90 Å². The van der Waals surface area contributed by atoms with E-state index in [1.54, 1.807) is 0 Å². The fraction of sp³-hybridized carbons (Fsp3) is 0.909. The van der Waals surface area contributed by atoms with E-state index in [4.69, 9.17) is 0 Å². The van der Waals surface area contributed by atoms with E-state index in [-0.39, 0.29) is 0 Å². The molecule has 2 aliphatic heterocycles. The van der Waals surface area contributed by atoms with Crippen molar-refractivity contribution in [1.29, 1.82) is 0 Å². The highest BCUT2D eigenvalue weighted by molar-refractivity contribution is 5.52. The highest BCUT2D eigenvalue weighted by Crippen LogP contribution is 2.21. The number of likely N-dealkylation sites (tertiary alicyclic amines) is 1. The zero-order valence-electron chi connectivity index (χ0n) is 8.87. The molecular formula is C11H21N2+. The topological polar surface area (TPSA) is 6.25 Å². The van der Waals surface area contributed by atoms with Crippen molar-refractivity contribution in [2.75, 3.05) is 26.7 Å². The standard InChI is InChI=1S/C11H21N2/c1-10-3-8-13(9-10)11-4-6-12(2)7-5-11/h6,10-11H,3-5,7-9H2,1-2H3/q+1. The summed E-state index contributed by atoms with van der Waals surface area (Å²) in [4.78, 5) is 2.69. The van der Waals surface area contributed by atoms with Crippen LogP contribution in [-0.4, -0.2) is 48.4 Å². The first-order valence-corrected chi connectivity index (χ1v) is 5.53. The number of hydrogen-bond acceptors (Lipinski definition) is 1. The average Bonchev–Trinajstić information content (AvgIpc) is 2.53. The van der Waals surface area contributed by atoms with Crippen molar-refractivity contribution in [3.8, 4) is 0 Å². The molecule has 0 aliphatic carbocycles. The SMILES string of the molecule is CC1CCN(C2CC=[N+](C)CC2)C1. The second-order valence-corrected chi connectivity index (χ2v) is 4.73. The van der Waals surface area contributed by atoms with Crippen molar-refractivity contribution in [3.63, 3.8) is 0 Å². The van der Waals surface area contributed by atoms with Crippen LogP contribution in [0.4, 0.5) is 0 Å². The van der Waals surface area contributed by atoms with Gasteiger partial charge in [0.1, 0.15) is 19.8 Å². The summed E-state index contributed by atoms with van der Waals surface area (Å²) < 4.78 is 2.33. The zero-order chi connectivity index (χ0) is 9.26. The van der Waals surface area contributed by atoms with Crippen LogP contribution in [0.5, 0.6) is 0 Å². The molecule has 0 aromatic carbocycles. The summed E-state index contributed by atoms with van der Waals surface area (Å²) in [6.45, 7) is 6.29. The van der Waals surface area contributed by atoms with Gasteiger partial charge in [0.2, 0.25) is 0 Å². The third-order valence-electron chi connectivity index (χ3n) is 3.48. The molecule has 0 spiro atoms. The molecule has 2 rings (SSSR count). The van der Waals surface area contributed by atoms with Crippen LogP contribution < -0.4 is 0 Å². The lowest BCUT2D eigenvalue weighted by atomic mass is 10.1. The predicted octanol–water partition coefficient (Wildman–Crippen LogP) is 1.20. The molecule has 74 valence electrons. The Hall–Kier alpha value is -0.370. The van der Waals surface area contributed by atoms with Crippen molar-refractivity contribution < 1.29 is 4.58 Å². The fourth-order valence-electron chi connectivity index (χ4n) is 2.50. The largest absolute Gasteiger partial charge is 0.299 e. The number of rotatable bonds is 1. The van der Waals surface area contributed by atoms with Crippen molar-refractivity contribution in [2.45, 2.75) is 32.2 Å². The minimum absolute atomic E-state index is 0.848. The summed E-state index contributed by atoms with van der Waals surface area (Å²) in [6, 6.07) is 0.848. The number of nitrogens with zero attached hydrogens (tertiary/aromatic N) is 2. The van der Waals surface area contributed by atoms with Gasteiger partial charge in [0.25, 0.3) is 0 Å². The maximum Gasteiger partial charge on any atom is 0.143 e. The monoisotopic (exact) mass is 181 g/mol. The first-order valence-electron chi connectivity index (χ1n) is 5.53. The van der Waals surface area contributed by atoms with Crippen molar-refractivity contribution in [1.82, 2.24) is 4.90 Å². The molecule has 0 radical (unpaired) electrons. The third kappa shape index (κ3) is 2.11. The van der Waals surface area contributed by atoms with Crippen molar-refractivity contribution in [2.24, 2.45) is 5.92 Å². The van der Waals surface area contributed by atoms with Crippen LogP contribution >= 0.6 is 0 Å². The third-order valence-corrected chi connectivity index (χ3v) is 3.48. The van der Waals surface area contributed by atoms with E-state index in [9.17, 15) is 0 Å². The molecule has 2 atom stereocenters. The molecule has 0 aromatic rings. The van der Waals surface area contributed by atoms with Gasteiger partial charge in [0, 0.05) is 25.4 Å².